The molecule has 0 aliphatic heterocycles. The third-order valence-electron chi connectivity index (χ3n) is 6.14. The molecule has 0 heteroatoms. The summed E-state index contributed by atoms with van der Waals surface area (Å²) in [6.07, 6.45) is 8.46. The van der Waals surface area contributed by atoms with Crippen LogP contribution >= 0.6 is 0 Å². The van der Waals surface area contributed by atoms with Crippen molar-refractivity contribution in [2.45, 2.75) is 53.4 Å². The standard InChI is InChI=1S/C15H24/c1-10-7-8-15-11(2)5-6-12(15)14(3,4)13(15)9-10/h9,11-13H,5-8H2,1-4H3/t11?,12-,13+,15-/m1/s1. The fourth-order valence-electron chi connectivity index (χ4n) is 5.43. The van der Waals surface area contributed by atoms with Crippen LogP contribution < -0.4 is 0 Å². The number of hydrogen-bond acceptors (Lipinski definition) is 0. The maximum atomic E-state index is 2.63. The highest BCUT2D eigenvalue weighted by Crippen LogP contribution is 2.75. The first-order valence-electron chi connectivity index (χ1n) is 6.67. The van der Waals surface area contributed by atoms with Gasteiger partial charge in [0.15, 0.2) is 0 Å². The normalized spacial score (nSPS) is 51.5. The minimum absolute atomic E-state index is 0.590. The second kappa shape index (κ2) is 2.70. The molecule has 1 spiro atoms. The number of rotatable bonds is 0. The van der Waals surface area contributed by atoms with Gasteiger partial charge in [0.05, 0.1) is 0 Å². The molecule has 3 rings (SSSR count). The Labute approximate surface area is 94.1 Å². The summed E-state index contributed by atoms with van der Waals surface area (Å²) < 4.78 is 0. The van der Waals surface area contributed by atoms with Gasteiger partial charge in [-0.25, -0.2) is 0 Å². The monoisotopic (exact) mass is 204 g/mol. The van der Waals surface area contributed by atoms with E-state index in [1.54, 1.807) is 5.57 Å². The Bertz CT molecular complexity index is 323. The topological polar surface area (TPSA) is 0 Å². The zero-order valence-electron chi connectivity index (χ0n) is 10.6. The molecule has 0 aromatic carbocycles. The highest BCUT2D eigenvalue weighted by atomic mass is 14.7. The first kappa shape index (κ1) is 9.93. The van der Waals surface area contributed by atoms with Gasteiger partial charge in [-0.05, 0) is 61.2 Å². The van der Waals surface area contributed by atoms with Crippen molar-refractivity contribution < 1.29 is 0 Å². The molecule has 0 heterocycles. The van der Waals surface area contributed by atoms with Crippen LogP contribution in [0.25, 0.3) is 0 Å². The van der Waals surface area contributed by atoms with E-state index in [0.29, 0.717) is 5.41 Å². The van der Waals surface area contributed by atoms with E-state index in [2.05, 4.69) is 33.8 Å². The summed E-state index contributed by atoms with van der Waals surface area (Å²) in [7, 11) is 0. The third-order valence-corrected chi connectivity index (χ3v) is 6.14. The van der Waals surface area contributed by atoms with Gasteiger partial charge in [0.2, 0.25) is 0 Å². The Morgan fingerprint density at radius 3 is 2.73 bits per heavy atom. The molecule has 0 radical (unpaired) electrons. The smallest absolute Gasteiger partial charge is 0.0115 e. The Hall–Kier alpha value is -0.260. The van der Waals surface area contributed by atoms with Gasteiger partial charge in [-0.1, -0.05) is 32.4 Å². The van der Waals surface area contributed by atoms with E-state index in [-0.39, 0.29) is 0 Å². The van der Waals surface area contributed by atoms with Crippen LogP contribution in [-0.2, 0) is 0 Å². The van der Waals surface area contributed by atoms with Gasteiger partial charge < -0.3 is 0 Å². The molecule has 0 aromatic heterocycles. The van der Waals surface area contributed by atoms with Crippen LogP contribution in [0.1, 0.15) is 53.4 Å². The maximum absolute atomic E-state index is 2.63. The molecule has 84 valence electrons. The second-order valence-electron chi connectivity index (χ2n) is 6.96. The van der Waals surface area contributed by atoms with E-state index >= 15 is 0 Å². The summed E-state index contributed by atoms with van der Waals surface area (Å²) in [5.74, 6) is 2.89. The lowest BCUT2D eigenvalue weighted by Gasteiger charge is -2.67. The molecule has 2 saturated carbocycles. The number of hydrogen-bond donors (Lipinski definition) is 0. The average Bonchev–Trinajstić information content (AvgIpc) is 2.47. The summed E-state index contributed by atoms with van der Waals surface area (Å²) in [6.45, 7) is 9.86. The molecule has 15 heavy (non-hydrogen) atoms. The van der Waals surface area contributed by atoms with Crippen LogP contribution in [0.4, 0.5) is 0 Å². The molecule has 0 amide bonds. The molecular formula is C15H24. The van der Waals surface area contributed by atoms with Crippen LogP contribution in [0.5, 0.6) is 0 Å². The Morgan fingerprint density at radius 1 is 1.27 bits per heavy atom. The van der Waals surface area contributed by atoms with Crippen LogP contribution in [0.15, 0.2) is 11.6 Å². The zero-order chi connectivity index (χ0) is 10.8. The highest BCUT2D eigenvalue weighted by Gasteiger charge is 2.69. The zero-order valence-corrected chi connectivity index (χ0v) is 10.6. The first-order valence-corrected chi connectivity index (χ1v) is 6.67. The lowest BCUT2D eigenvalue weighted by Crippen LogP contribution is -2.61. The SMILES string of the molecule is CC1=C[C@H]2C(C)(C)[C@H]3CCC(C)[C@]32CC1. The molecular weight excluding hydrogens is 180 g/mol. The first-order chi connectivity index (χ1) is 6.99. The summed E-state index contributed by atoms with van der Waals surface area (Å²) in [6, 6.07) is 0. The predicted octanol–water partition coefficient (Wildman–Crippen LogP) is 4.42. The van der Waals surface area contributed by atoms with Crippen molar-refractivity contribution in [1.82, 2.24) is 0 Å². The van der Waals surface area contributed by atoms with E-state index < -0.39 is 0 Å². The van der Waals surface area contributed by atoms with E-state index in [0.717, 1.165) is 23.2 Å². The van der Waals surface area contributed by atoms with E-state index in [1.165, 1.54) is 25.7 Å². The maximum Gasteiger partial charge on any atom is -0.0115 e. The van der Waals surface area contributed by atoms with Crippen molar-refractivity contribution in [1.29, 1.82) is 0 Å². The van der Waals surface area contributed by atoms with Gasteiger partial charge in [0.1, 0.15) is 0 Å². The quantitative estimate of drug-likeness (QED) is 0.513. The van der Waals surface area contributed by atoms with Gasteiger partial charge in [-0.15, -0.1) is 0 Å². The van der Waals surface area contributed by atoms with E-state index in [1.807, 2.05) is 0 Å². The van der Waals surface area contributed by atoms with Crippen LogP contribution in [0.3, 0.4) is 0 Å². The summed E-state index contributed by atoms with van der Waals surface area (Å²) >= 11 is 0. The second-order valence-corrected chi connectivity index (χ2v) is 6.96. The van der Waals surface area contributed by atoms with E-state index in [9.17, 15) is 0 Å². The molecule has 3 aliphatic rings. The predicted molar refractivity (Wildman–Crippen MR) is 64.6 cm³/mol. The van der Waals surface area contributed by atoms with Gasteiger partial charge in [0, 0.05) is 0 Å². The molecule has 3 aliphatic carbocycles. The fourth-order valence-corrected chi connectivity index (χ4v) is 5.43. The lowest BCUT2D eigenvalue weighted by molar-refractivity contribution is -0.167. The average molecular weight is 204 g/mol. The molecule has 0 bridgehead atoms. The Kier molecular flexibility index (Phi) is 1.79. The molecule has 2 fully saturated rings. The summed E-state index contributed by atoms with van der Waals surface area (Å²) in [5, 5.41) is 0. The Morgan fingerprint density at radius 2 is 2.00 bits per heavy atom. The van der Waals surface area contributed by atoms with Crippen molar-refractivity contribution in [3.63, 3.8) is 0 Å². The number of allylic oxidation sites excluding steroid dienone is 2. The van der Waals surface area contributed by atoms with Gasteiger partial charge in [-0.3, -0.25) is 0 Å². The van der Waals surface area contributed by atoms with Crippen molar-refractivity contribution in [2.75, 3.05) is 0 Å². The van der Waals surface area contributed by atoms with Gasteiger partial charge in [0.25, 0.3) is 0 Å². The van der Waals surface area contributed by atoms with Crippen LogP contribution in [-0.4, -0.2) is 0 Å². The highest BCUT2D eigenvalue weighted by molar-refractivity contribution is 5.27. The van der Waals surface area contributed by atoms with Crippen molar-refractivity contribution in [3.8, 4) is 0 Å². The fraction of sp³-hybridized carbons (Fsp3) is 0.867. The van der Waals surface area contributed by atoms with Crippen molar-refractivity contribution in [3.05, 3.63) is 11.6 Å². The van der Waals surface area contributed by atoms with Gasteiger partial charge in [-0.2, -0.15) is 0 Å². The molecule has 0 nitrogen and oxygen atoms in total. The van der Waals surface area contributed by atoms with Crippen molar-refractivity contribution in [2.24, 2.45) is 28.6 Å². The van der Waals surface area contributed by atoms with Crippen molar-refractivity contribution >= 4 is 0 Å². The Balaban J connectivity index is 2.05. The molecule has 0 N–H and O–H groups in total. The van der Waals surface area contributed by atoms with Crippen LogP contribution in [0.2, 0.25) is 0 Å². The van der Waals surface area contributed by atoms with Gasteiger partial charge >= 0.3 is 0 Å². The molecule has 4 atom stereocenters. The summed E-state index contributed by atoms with van der Waals surface area (Å²) in [4.78, 5) is 0. The summed E-state index contributed by atoms with van der Waals surface area (Å²) in [5.41, 5.74) is 2.96. The molecule has 0 aromatic rings. The minimum atomic E-state index is 0.590. The third kappa shape index (κ3) is 0.946. The lowest BCUT2D eigenvalue weighted by atomic mass is 9.37. The molecule has 0 saturated heterocycles. The van der Waals surface area contributed by atoms with Crippen LogP contribution in [0, 0.1) is 28.6 Å². The largest absolute Gasteiger partial charge is 0.0814 e. The minimum Gasteiger partial charge on any atom is -0.0814 e. The molecule has 1 unspecified atom stereocenters. The van der Waals surface area contributed by atoms with E-state index in [4.69, 9.17) is 0 Å².